The summed E-state index contributed by atoms with van der Waals surface area (Å²) in [6, 6.07) is 0. The predicted molar refractivity (Wildman–Crippen MR) is 66.4 cm³/mol. The molecule has 4 rings (SSSR count). The fourth-order valence-corrected chi connectivity index (χ4v) is 3.96. The van der Waals surface area contributed by atoms with E-state index in [1.54, 1.807) is 11.8 Å². The van der Waals surface area contributed by atoms with Crippen LogP contribution in [0.5, 0.6) is 0 Å². The molecule has 1 amide bonds. The summed E-state index contributed by atoms with van der Waals surface area (Å²) >= 11 is 0. The fourth-order valence-electron chi connectivity index (χ4n) is 3.96. The van der Waals surface area contributed by atoms with Gasteiger partial charge in [0.2, 0.25) is 5.91 Å². The Morgan fingerprint density at radius 2 is 2.45 bits per heavy atom. The van der Waals surface area contributed by atoms with Crippen LogP contribution in [0.3, 0.4) is 0 Å². The van der Waals surface area contributed by atoms with Crippen molar-refractivity contribution in [2.75, 3.05) is 19.8 Å². The van der Waals surface area contributed by atoms with Gasteiger partial charge in [0.05, 0.1) is 25.2 Å². The van der Waals surface area contributed by atoms with E-state index in [-0.39, 0.29) is 18.0 Å². The largest absolute Gasteiger partial charge is 0.466 e. The molecule has 0 radical (unpaired) electrons. The van der Waals surface area contributed by atoms with Gasteiger partial charge in [-0.3, -0.25) is 9.59 Å². The molecular formula is C14H17NO5. The van der Waals surface area contributed by atoms with Gasteiger partial charge in [-0.1, -0.05) is 6.08 Å². The zero-order valence-corrected chi connectivity index (χ0v) is 11.3. The number of ether oxygens (including phenoxy) is 3. The number of fused-ring (bicyclic) bond motifs is 2. The molecule has 3 fully saturated rings. The van der Waals surface area contributed by atoms with E-state index in [0.29, 0.717) is 19.8 Å². The van der Waals surface area contributed by atoms with Crippen LogP contribution in [0.4, 0.5) is 0 Å². The summed E-state index contributed by atoms with van der Waals surface area (Å²) in [5.41, 5.74) is -0.792. The van der Waals surface area contributed by atoms with Crippen molar-refractivity contribution in [3.63, 3.8) is 0 Å². The number of carbonyl (C=O) groups excluding carboxylic acids is 2. The maximum Gasteiger partial charge on any atom is 0.312 e. The molecule has 4 aliphatic rings. The lowest BCUT2D eigenvalue weighted by Gasteiger charge is -2.36. The molecule has 1 spiro atoms. The minimum Gasteiger partial charge on any atom is -0.466 e. The zero-order chi connectivity index (χ0) is 13.9. The van der Waals surface area contributed by atoms with Crippen LogP contribution < -0.4 is 0 Å². The van der Waals surface area contributed by atoms with Gasteiger partial charge in [-0.2, -0.15) is 0 Å². The van der Waals surface area contributed by atoms with Crippen LogP contribution in [-0.2, 0) is 23.8 Å². The number of nitrogens with zero attached hydrogens (tertiary/aromatic N) is 1. The molecule has 0 aliphatic carbocycles. The third-order valence-electron chi connectivity index (χ3n) is 4.68. The molecule has 0 aromatic carbocycles. The molecule has 3 saturated heterocycles. The lowest BCUT2D eigenvalue weighted by atomic mass is 9.76. The zero-order valence-electron chi connectivity index (χ0n) is 11.3. The minimum atomic E-state index is -0.792. The molecular weight excluding hydrogens is 262 g/mol. The van der Waals surface area contributed by atoms with Crippen molar-refractivity contribution in [2.24, 2.45) is 11.8 Å². The van der Waals surface area contributed by atoms with Crippen LogP contribution in [0.1, 0.15) is 13.3 Å². The molecule has 2 bridgehead atoms. The highest BCUT2D eigenvalue weighted by molar-refractivity contribution is 5.91. The molecule has 6 nitrogen and oxygen atoms in total. The van der Waals surface area contributed by atoms with Gasteiger partial charge in [0.15, 0.2) is 6.23 Å². The monoisotopic (exact) mass is 279 g/mol. The first kappa shape index (κ1) is 12.3. The van der Waals surface area contributed by atoms with Gasteiger partial charge in [0, 0.05) is 6.54 Å². The van der Waals surface area contributed by atoms with Crippen molar-refractivity contribution in [1.82, 2.24) is 4.90 Å². The Balaban J connectivity index is 1.73. The Bertz CT molecular complexity index is 504. The molecule has 4 heterocycles. The smallest absolute Gasteiger partial charge is 0.312 e. The Hall–Kier alpha value is -1.40. The molecule has 0 aromatic rings. The summed E-state index contributed by atoms with van der Waals surface area (Å²) in [6.45, 7) is 3.36. The second-order valence-corrected chi connectivity index (χ2v) is 5.66. The summed E-state index contributed by atoms with van der Waals surface area (Å²) < 4.78 is 16.9. The summed E-state index contributed by atoms with van der Waals surface area (Å²) in [6.07, 6.45) is 3.84. The van der Waals surface area contributed by atoms with E-state index in [1.165, 1.54) is 0 Å². The Labute approximate surface area is 116 Å². The molecule has 3 unspecified atom stereocenters. The molecule has 5 atom stereocenters. The van der Waals surface area contributed by atoms with Gasteiger partial charge in [-0.25, -0.2) is 0 Å². The quantitative estimate of drug-likeness (QED) is 0.529. The van der Waals surface area contributed by atoms with Gasteiger partial charge in [0.1, 0.15) is 11.5 Å². The first-order chi connectivity index (χ1) is 9.69. The topological polar surface area (TPSA) is 65.1 Å². The second kappa shape index (κ2) is 4.05. The lowest BCUT2D eigenvalue weighted by Crippen LogP contribution is -2.49. The van der Waals surface area contributed by atoms with E-state index in [0.717, 1.165) is 6.42 Å². The van der Waals surface area contributed by atoms with Crippen molar-refractivity contribution in [1.29, 1.82) is 0 Å². The molecule has 108 valence electrons. The predicted octanol–water partition coefficient (Wildman–Crippen LogP) is 0.0779. The summed E-state index contributed by atoms with van der Waals surface area (Å²) in [4.78, 5) is 26.5. The first-order valence-corrected chi connectivity index (χ1v) is 7.15. The SMILES string of the molecule is CCOC(=O)C1C2C(=O)N3CCCOC3[C@]23C=C[C@H]1O3. The molecule has 0 aromatic heterocycles. The van der Waals surface area contributed by atoms with Gasteiger partial charge in [-0.15, -0.1) is 0 Å². The highest BCUT2D eigenvalue weighted by Crippen LogP contribution is 2.55. The Morgan fingerprint density at radius 3 is 3.25 bits per heavy atom. The fraction of sp³-hybridized carbons (Fsp3) is 0.714. The van der Waals surface area contributed by atoms with Gasteiger partial charge < -0.3 is 19.1 Å². The molecule has 0 N–H and O–H groups in total. The van der Waals surface area contributed by atoms with E-state index in [9.17, 15) is 9.59 Å². The van der Waals surface area contributed by atoms with E-state index < -0.39 is 23.7 Å². The number of carbonyl (C=O) groups is 2. The summed E-state index contributed by atoms with van der Waals surface area (Å²) in [5.74, 6) is -1.43. The summed E-state index contributed by atoms with van der Waals surface area (Å²) in [5, 5.41) is 0. The van der Waals surface area contributed by atoms with Crippen LogP contribution in [0, 0.1) is 11.8 Å². The van der Waals surface area contributed by atoms with Crippen molar-refractivity contribution in [3.05, 3.63) is 12.2 Å². The average Bonchev–Trinajstić information content (AvgIpc) is 3.09. The highest BCUT2D eigenvalue weighted by Gasteiger charge is 2.72. The minimum absolute atomic E-state index is 0.0420. The molecule has 4 aliphatic heterocycles. The standard InChI is InChI=1S/C14H17NO5/c1-2-18-12(17)9-8-4-5-14(20-8)10(9)11(16)15-6-3-7-19-13(14)15/h4-5,8-10,13H,2-3,6-7H2,1H3/t8-,9?,10?,13?,14+/m1/s1. The van der Waals surface area contributed by atoms with Crippen LogP contribution in [-0.4, -0.2) is 54.5 Å². The average molecular weight is 279 g/mol. The number of hydrogen-bond acceptors (Lipinski definition) is 5. The van der Waals surface area contributed by atoms with Crippen LogP contribution in [0.15, 0.2) is 12.2 Å². The highest BCUT2D eigenvalue weighted by atomic mass is 16.6. The maximum absolute atomic E-state index is 12.6. The Kier molecular flexibility index (Phi) is 2.50. The third kappa shape index (κ3) is 1.31. The van der Waals surface area contributed by atoms with E-state index >= 15 is 0 Å². The Morgan fingerprint density at radius 1 is 1.60 bits per heavy atom. The number of amides is 1. The second-order valence-electron chi connectivity index (χ2n) is 5.66. The van der Waals surface area contributed by atoms with E-state index in [2.05, 4.69) is 0 Å². The first-order valence-electron chi connectivity index (χ1n) is 7.15. The van der Waals surface area contributed by atoms with Crippen molar-refractivity contribution >= 4 is 11.9 Å². The molecule has 20 heavy (non-hydrogen) atoms. The lowest BCUT2D eigenvalue weighted by molar-refractivity contribution is -0.168. The summed E-state index contributed by atoms with van der Waals surface area (Å²) in [7, 11) is 0. The van der Waals surface area contributed by atoms with Crippen LogP contribution in [0.2, 0.25) is 0 Å². The van der Waals surface area contributed by atoms with Gasteiger partial charge in [0.25, 0.3) is 0 Å². The van der Waals surface area contributed by atoms with Crippen molar-refractivity contribution in [3.8, 4) is 0 Å². The number of esters is 1. The number of hydrogen-bond donors (Lipinski definition) is 0. The molecule has 6 heteroatoms. The normalized spacial score (nSPS) is 44.6. The van der Waals surface area contributed by atoms with Gasteiger partial charge in [-0.05, 0) is 19.4 Å². The molecule has 0 saturated carbocycles. The van der Waals surface area contributed by atoms with E-state index in [4.69, 9.17) is 14.2 Å². The van der Waals surface area contributed by atoms with Crippen LogP contribution in [0.25, 0.3) is 0 Å². The van der Waals surface area contributed by atoms with Crippen molar-refractivity contribution < 1.29 is 23.8 Å². The van der Waals surface area contributed by atoms with Crippen LogP contribution >= 0.6 is 0 Å². The number of rotatable bonds is 2. The van der Waals surface area contributed by atoms with E-state index in [1.807, 2.05) is 12.2 Å². The maximum atomic E-state index is 12.6. The van der Waals surface area contributed by atoms with Crippen molar-refractivity contribution in [2.45, 2.75) is 31.3 Å². The van der Waals surface area contributed by atoms with Gasteiger partial charge >= 0.3 is 5.97 Å². The third-order valence-corrected chi connectivity index (χ3v) is 4.68.